The molecule has 2 atom stereocenters. The molecule has 10 heteroatoms. The van der Waals surface area contributed by atoms with Crippen LogP contribution < -0.4 is 10.2 Å². The molecule has 0 saturated carbocycles. The van der Waals surface area contributed by atoms with Crippen molar-refractivity contribution < 1.29 is 28.3 Å². The number of hydrogen-bond acceptors (Lipinski definition) is 6. The molecule has 200 valence electrons. The van der Waals surface area contributed by atoms with E-state index < -0.39 is 10.0 Å². The van der Waals surface area contributed by atoms with E-state index >= 15 is 0 Å². The lowest BCUT2D eigenvalue weighted by molar-refractivity contribution is -0.842. The van der Waals surface area contributed by atoms with Crippen LogP contribution in [0.2, 0.25) is 5.02 Å². The number of nitrogens with one attached hydrogen (secondary N) is 1. The lowest BCUT2D eigenvalue weighted by Gasteiger charge is -2.38. The highest BCUT2D eigenvalue weighted by molar-refractivity contribution is 7.96. The lowest BCUT2D eigenvalue weighted by atomic mass is 10.0. The average Bonchev–Trinajstić information content (AvgIpc) is 3.11. The summed E-state index contributed by atoms with van der Waals surface area (Å²) in [5.41, 5.74) is 3.03. The predicted molar refractivity (Wildman–Crippen MR) is 146 cm³/mol. The van der Waals surface area contributed by atoms with Gasteiger partial charge in [0.05, 0.1) is 35.5 Å². The second-order valence-corrected chi connectivity index (χ2v) is 11.0. The van der Waals surface area contributed by atoms with Crippen LogP contribution in [0.15, 0.2) is 77.0 Å². The molecule has 1 aliphatic heterocycles. The highest BCUT2D eigenvalue weighted by atomic mass is 35.5. The number of allylic oxidation sites excluding steroid dienone is 7. The van der Waals surface area contributed by atoms with Gasteiger partial charge in [-0.2, -0.15) is 5.48 Å². The van der Waals surface area contributed by atoms with Crippen molar-refractivity contribution in [2.24, 2.45) is 0 Å². The van der Waals surface area contributed by atoms with Gasteiger partial charge < -0.3 is 9.64 Å². The van der Waals surface area contributed by atoms with Gasteiger partial charge in [0, 0.05) is 35.8 Å². The molecule has 1 aromatic rings. The van der Waals surface area contributed by atoms with Crippen LogP contribution in [0.25, 0.3) is 0 Å². The smallest absolute Gasteiger partial charge is 0.261 e. The van der Waals surface area contributed by atoms with Crippen LogP contribution in [0.3, 0.4) is 0 Å². The maximum atomic E-state index is 13.4. The number of nitrogens with two attached hydrogens (primary N) is 1. The van der Waals surface area contributed by atoms with Gasteiger partial charge in [0.25, 0.3) is 10.0 Å². The Balaban J connectivity index is 1.90. The maximum Gasteiger partial charge on any atom is 0.261 e. The third-order valence-electron chi connectivity index (χ3n) is 5.83. The minimum Gasteiger partial charge on any atom is -0.372 e. The zero-order valence-corrected chi connectivity index (χ0v) is 23.2. The standard InChI is InChI=1S/C27H34ClN3O5S/c1-5-6-8-21(16-29-35-4)27(32)25-15-22(28)11-14-26(25)30-37(33,34)24-10-7-9-23(12-13-24)31-17-19(2)36-20(3)18-31/h6-8,10-16,19-20,29-30H,5,9,17-18H2,1-4H3/p+1/b8-6-,21-16+. The summed E-state index contributed by atoms with van der Waals surface area (Å²) < 4.78 is 35.2. The van der Waals surface area contributed by atoms with Crippen LogP contribution in [0.5, 0.6) is 0 Å². The van der Waals surface area contributed by atoms with E-state index in [1.165, 1.54) is 30.9 Å². The number of hydrogen-bond donors (Lipinski definition) is 2. The Morgan fingerprint density at radius 3 is 2.68 bits per heavy atom. The Kier molecular flexibility index (Phi) is 10.3. The Hall–Kier alpha value is -2.69. The van der Waals surface area contributed by atoms with Gasteiger partial charge in [-0.05, 0) is 62.8 Å². The number of anilines is 1. The van der Waals surface area contributed by atoms with Crippen LogP contribution >= 0.6 is 11.6 Å². The molecule has 37 heavy (non-hydrogen) atoms. The van der Waals surface area contributed by atoms with E-state index in [2.05, 4.69) is 9.62 Å². The van der Waals surface area contributed by atoms with Crippen molar-refractivity contribution >= 4 is 33.1 Å². The number of ketones is 1. The minimum atomic E-state index is -3.99. The summed E-state index contributed by atoms with van der Waals surface area (Å²) in [7, 11) is -2.51. The number of sulfonamides is 1. The van der Waals surface area contributed by atoms with Crippen molar-refractivity contribution in [1.82, 2.24) is 4.90 Å². The monoisotopic (exact) mass is 548 g/mol. The van der Waals surface area contributed by atoms with Crippen LogP contribution in [-0.4, -0.2) is 51.5 Å². The molecule has 1 aromatic carbocycles. The van der Waals surface area contributed by atoms with E-state index in [-0.39, 0.29) is 34.1 Å². The van der Waals surface area contributed by atoms with Gasteiger partial charge in [-0.25, -0.2) is 13.3 Å². The lowest BCUT2D eigenvalue weighted by Crippen LogP contribution is -2.76. The number of morpholine rings is 1. The molecular weight excluding hydrogens is 514 g/mol. The summed E-state index contributed by atoms with van der Waals surface area (Å²) in [6.07, 6.45) is 13.4. The molecule has 2 unspecified atom stereocenters. The van der Waals surface area contributed by atoms with Crippen molar-refractivity contribution in [3.05, 3.63) is 87.6 Å². The predicted octanol–water partition coefficient (Wildman–Crippen LogP) is 4.08. The molecule has 1 aliphatic carbocycles. The largest absolute Gasteiger partial charge is 0.372 e. The zero-order valence-electron chi connectivity index (χ0n) is 21.6. The number of halogens is 1. The molecule has 0 radical (unpaired) electrons. The minimum absolute atomic E-state index is 0.0965. The van der Waals surface area contributed by atoms with Crippen LogP contribution in [0.1, 0.15) is 44.0 Å². The average molecular weight is 549 g/mol. The SMILES string of the molecule is CC/C=C\C(=C/[NH2+]OC)C(=O)c1cc(Cl)ccc1NS(=O)(=O)C1=CC=C(N2CC(C)OC(C)C2)CC=C1. The van der Waals surface area contributed by atoms with Crippen LogP contribution in [-0.2, 0) is 19.6 Å². The highest BCUT2D eigenvalue weighted by Gasteiger charge is 2.25. The summed E-state index contributed by atoms with van der Waals surface area (Å²) in [4.78, 5) is 20.7. The van der Waals surface area contributed by atoms with Crippen molar-refractivity contribution in [2.45, 2.75) is 45.8 Å². The fraction of sp³-hybridized carbons (Fsp3) is 0.370. The van der Waals surface area contributed by atoms with Gasteiger partial charge in [-0.1, -0.05) is 30.7 Å². The number of rotatable bonds is 10. The summed E-state index contributed by atoms with van der Waals surface area (Å²) >= 11 is 6.18. The molecule has 3 N–H and O–H groups in total. The number of hydroxylamine groups is 1. The highest BCUT2D eigenvalue weighted by Crippen LogP contribution is 2.28. The third kappa shape index (κ3) is 7.90. The zero-order chi connectivity index (χ0) is 27.0. The topological polar surface area (TPSA) is 102 Å². The molecule has 1 heterocycles. The molecule has 3 rings (SSSR count). The van der Waals surface area contributed by atoms with E-state index in [9.17, 15) is 13.2 Å². The first kappa shape index (κ1) is 28.9. The van der Waals surface area contributed by atoms with Crippen molar-refractivity contribution in [1.29, 1.82) is 0 Å². The molecular formula is C27H35ClN3O5S+. The number of carbonyl (C=O) groups is 1. The fourth-order valence-electron chi connectivity index (χ4n) is 4.17. The van der Waals surface area contributed by atoms with Gasteiger partial charge in [-0.3, -0.25) is 9.52 Å². The van der Waals surface area contributed by atoms with Gasteiger partial charge in [0.1, 0.15) is 6.20 Å². The third-order valence-corrected chi connectivity index (χ3v) is 7.45. The number of benzene rings is 1. The summed E-state index contributed by atoms with van der Waals surface area (Å²) in [6, 6.07) is 4.49. The van der Waals surface area contributed by atoms with Crippen LogP contribution in [0, 0.1) is 0 Å². The summed E-state index contributed by atoms with van der Waals surface area (Å²) in [5, 5.41) is 0.316. The van der Waals surface area contributed by atoms with E-state index in [0.29, 0.717) is 17.0 Å². The van der Waals surface area contributed by atoms with Crippen molar-refractivity contribution in [3.63, 3.8) is 0 Å². The molecule has 0 bridgehead atoms. The van der Waals surface area contributed by atoms with Crippen LogP contribution in [0.4, 0.5) is 5.69 Å². The normalized spacial score (nSPS) is 21.0. The number of carbonyl (C=O) groups excluding carboxylic acids is 1. The number of Topliss-reactive ketones (excluding diaryl/α,β-unsaturated/α-hetero) is 1. The Labute approximate surface area is 224 Å². The van der Waals surface area contributed by atoms with Gasteiger partial charge >= 0.3 is 0 Å². The molecule has 2 aliphatic rings. The molecule has 1 saturated heterocycles. The molecule has 0 spiro atoms. The summed E-state index contributed by atoms with van der Waals surface area (Å²) in [6.45, 7) is 7.50. The molecule has 0 aromatic heterocycles. The second-order valence-electron chi connectivity index (χ2n) is 8.92. The molecule has 0 amide bonds. The van der Waals surface area contributed by atoms with Crippen molar-refractivity contribution in [3.8, 4) is 0 Å². The molecule has 1 fully saturated rings. The van der Waals surface area contributed by atoms with E-state index in [1.807, 2.05) is 39.0 Å². The van der Waals surface area contributed by atoms with E-state index in [0.717, 1.165) is 25.2 Å². The Morgan fingerprint density at radius 1 is 1.27 bits per heavy atom. The first-order chi connectivity index (χ1) is 17.6. The van der Waals surface area contributed by atoms with E-state index in [4.69, 9.17) is 21.2 Å². The van der Waals surface area contributed by atoms with Gasteiger partial charge in [0.2, 0.25) is 5.78 Å². The van der Waals surface area contributed by atoms with Crippen molar-refractivity contribution in [2.75, 3.05) is 24.9 Å². The first-order valence-corrected chi connectivity index (χ1v) is 14.1. The Bertz CT molecular complexity index is 1240. The summed E-state index contributed by atoms with van der Waals surface area (Å²) in [5.74, 6) is -0.388. The number of nitrogens with zero attached hydrogens (tertiary/aromatic N) is 1. The first-order valence-electron chi connectivity index (χ1n) is 12.2. The Morgan fingerprint density at radius 2 is 2.00 bits per heavy atom. The van der Waals surface area contributed by atoms with Gasteiger partial charge in [-0.15, -0.1) is 0 Å². The van der Waals surface area contributed by atoms with Gasteiger partial charge in [0.15, 0.2) is 0 Å². The second kappa shape index (κ2) is 13.2. The molecule has 8 nitrogen and oxygen atoms in total. The quantitative estimate of drug-likeness (QED) is 0.198. The number of quaternary nitrogens is 1. The van der Waals surface area contributed by atoms with E-state index in [1.54, 1.807) is 24.3 Å². The maximum absolute atomic E-state index is 13.4. The fourth-order valence-corrected chi connectivity index (χ4v) is 5.45. The number of ether oxygens (including phenoxy) is 1.